The molecule has 1 amide bonds. The van der Waals surface area contributed by atoms with E-state index in [1.54, 1.807) is 7.11 Å². The van der Waals surface area contributed by atoms with Crippen molar-refractivity contribution < 1.29 is 14.6 Å². The Morgan fingerprint density at radius 3 is 2.78 bits per heavy atom. The highest BCUT2D eigenvalue weighted by Gasteiger charge is 2.52. The minimum atomic E-state index is -0.487. The SMILES string of the molecule is C=CCN1CCC2(c3cccc(OC)c3)C[C@@H](N(C)C(=O)c3ccccc3)CC(O)C2C1. The molecule has 0 bridgehead atoms. The third-order valence-electron chi connectivity index (χ3n) is 7.54. The van der Waals surface area contributed by atoms with E-state index in [4.69, 9.17) is 4.74 Å². The molecule has 32 heavy (non-hydrogen) atoms. The van der Waals surface area contributed by atoms with Crippen molar-refractivity contribution in [1.82, 2.24) is 9.80 Å². The van der Waals surface area contributed by atoms with E-state index in [-0.39, 0.29) is 23.3 Å². The van der Waals surface area contributed by atoms with E-state index in [9.17, 15) is 9.90 Å². The predicted molar refractivity (Wildman–Crippen MR) is 127 cm³/mol. The third kappa shape index (κ3) is 4.19. The Hall–Kier alpha value is -2.63. The van der Waals surface area contributed by atoms with Crippen LogP contribution in [0.5, 0.6) is 5.75 Å². The summed E-state index contributed by atoms with van der Waals surface area (Å²) in [6.07, 6.45) is 3.80. The molecule has 5 heteroatoms. The summed E-state index contributed by atoms with van der Waals surface area (Å²) < 4.78 is 5.53. The van der Waals surface area contributed by atoms with Crippen molar-refractivity contribution in [3.63, 3.8) is 0 Å². The molecule has 2 aromatic rings. The minimum absolute atomic E-state index is 0.00568. The van der Waals surface area contributed by atoms with Gasteiger partial charge in [-0.15, -0.1) is 6.58 Å². The van der Waals surface area contributed by atoms with Crippen LogP contribution in [-0.2, 0) is 5.41 Å². The van der Waals surface area contributed by atoms with Crippen LogP contribution in [0.1, 0.15) is 35.2 Å². The highest BCUT2D eigenvalue weighted by atomic mass is 16.5. The minimum Gasteiger partial charge on any atom is -0.497 e. The van der Waals surface area contributed by atoms with Crippen molar-refractivity contribution >= 4 is 5.91 Å². The van der Waals surface area contributed by atoms with Gasteiger partial charge in [0.05, 0.1) is 13.2 Å². The van der Waals surface area contributed by atoms with E-state index >= 15 is 0 Å². The Kier molecular flexibility index (Phi) is 6.68. The van der Waals surface area contributed by atoms with Crippen molar-refractivity contribution in [3.05, 3.63) is 78.4 Å². The van der Waals surface area contributed by atoms with Gasteiger partial charge in [-0.05, 0) is 55.6 Å². The summed E-state index contributed by atoms with van der Waals surface area (Å²) in [7, 11) is 3.56. The number of amides is 1. The molecule has 5 nitrogen and oxygen atoms in total. The lowest BCUT2D eigenvalue weighted by Crippen LogP contribution is -2.61. The number of nitrogens with zero attached hydrogens (tertiary/aromatic N) is 2. The van der Waals surface area contributed by atoms with Crippen LogP contribution in [0.2, 0.25) is 0 Å². The van der Waals surface area contributed by atoms with Gasteiger partial charge in [0.1, 0.15) is 5.75 Å². The first-order valence-electron chi connectivity index (χ1n) is 11.5. The number of carbonyl (C=O) groups is 1. The third-order valence-corrected chi connectivity index (χ3v) is 7.54. The summed E-state index contributed by atoms with van der Waals surface area (Å²) in [6.45, 7) is 6.49. The van der Waals surface area contributed by atoms with Crippen molar-refractivity contribution in [3.8, 4) is 5.75 Å². The standard InChI is InChI=1S/C27H34N2O3/c1-4-14-29-15-13-27(21-11-8-12-23(16-21)32-3)18-22(17-25(30)24(27)19-29)28(2)26(31)20-9-6-5-7-10-20/h4-12,16,22,24-25,30H,1,13-15,17-19H2,2-3H3/t22-,24?,25?,27?/m0/s1. The van der Waals surface area contributed by atoms with Gasteiger partial charge in [0.2, 0.25) is 0 Å². The van der Waals surface area contributed by atoms with Crippen LogP contribution in [0.15, 0.2) is 67.3 Å². The summed E-state index contributed by atoms with van der Waals surface area (Å²) in [5, 5.41) is 11.4. The summed E-state index contributed by atoms with van der Waals surface area (Å²) in [5.41, 5.74) is 1.67. The molecular weight excluding hydrogens is 400 g/mol. The van der Waals surface area contributed by atoms with Gasteiger partial charge in [0, 0.05) is 43.1 Å². The number of benzene rings is 2. The van der Waals surface area contributed by atoms with Crippen LogP contribution in [0, 0.1) is 5.92 Å². The number of aliphatic hydroxyl groups is 1. The number of hydrogen-bond donors (Lipinski definition) is 1. The Labute approximate surface area is 191 Å². The maximum absolute atomic E-state index is 13.2. The molecule has 2 fully saturated rings. The van der Waals surface area contributed by atoms with Crippen LogP contribution in [0.4, 0.5) is 0 Å². The van der Waals surface area contributed by atoms with Crippen LogP contribution in [0.3, 0.4) is 0 Å². The monoisotopic (exact) mass is 434 g/mol. The van der Waals surface area contributed by atoms with Gasteiger partial charge >= 0.3 is 0 Å². The number of methoxy groups -OCH3 is 1. The van der Waals surface area contributed by atoms with Crippen molar-refractivity contribution in [2.75, 3.05) is 33.8 Å². The van der Waals surface area contributed by atoms with Crippen molar-refractivity contribution in [2.45, 2.75) is 36.8 Å². The summed E-state index contributed by atoms with van der Waals surface area (Å²) >= 11 is 0. The second-order valence-electron chi connectivity index (χ2n) is 9.24. The molecule has 1 saturated carbocycles. The number of ether oxygens (including phenoxy) is 1. The Balaban J connectivity index is 1.68. The number of piperidine rings is 1. The zero-order valence-corrected chi connectivity index (χ0v) is 19.1. The zero-order valence-electron chi connectivity index (χ0n) is 19.1. The lowest BCUT2D eigenvalue weighted by molar-refractivity contribution is -0.0591. The van der Waals surface area contributed by atoms with E-state index in [0.717, 1.165) is 38.2 Å². The highest BCUT2D eigenvalue weighted by molar-refractivity contribution is 5.94. The smallest absolute Gasteiger partial charge is 0.253 e. The molecule has 1 N–H and O–H groups in total. The van der Waals surface area contributed by atoms with E-state index in [0.29, 0.717) is 12.0 Å². The molecule has 4 atom stereocenters. The second-order valence-corrected chi connectivity index (χ2v) is 9.24. The van der Waals surface area contributed by atoms with E-state index in [2.05, 4.69) is 23.6 Å². The maximum atomic E-state index is 13.2. The average molecular weight is 435 g/mol. The molecule has 1 aliphatic carbocycles. The summed E-state index contributed by atoms with van der Waals surface area (Å²) in [6, 6.07) is 17.6. The van der Waals surface area contributed by atoms with Crippen molar-refractivity contribution in [2.24, 2.45) is 5.92 Å². The molecule has 170 valence electrons. The van der Waals surface area contributed by atoms with Gasteiger partial charge in [-0.25, -0.2) is 0 Å². The molecule has 0 spiro atoms. The number of carbonyl (C=O) groups excluding carboxylic acids is 1. The molecule has 1 saturated heterocycles. The lowest BCUT2D eigenvalue weighted by Gasteiger charge is -2.56. The first-order valence-corrected chi connectivity index (χ1v) is 11.5. The van der Waals surface area contributed by atoms with Crippen LogP contribution >= 0.6 is 0 Å². The Bertz CT molecular complexity index is 947. The fraction of sp³-hybridized carbons (Fsp3) is 0.444. The van der Waals surface area contributed by atoms with Crippen molar-refractivity contribution in [1.29, 1.82) is 0 Å². The number of aliphatic hydroxyl groups excluding tert-OH is 1. The Morgan fingerprint density at radius 2 is 2.06 bits per heavy atom. The molecule has 0 aromatic heterocycles. The fourth-order valence-electron chi connectivity index (χ4n) is 5.78. The quantitative estimate of drug-likeness (QED) is 0.704. The van der Waals surface area contributed by atoms with E-state index < -0.39 is 6.10 Å². The topological polar surface area (TPSA) is 53.0 Å². The molecule has 2 aliphatic rings. The van der Waals surface area contributed by atoms with Gasteiger partial charge < -0.3 is 14.7 Å². The molecule has 0 radical (unpaired) electrons. The molecule has 4 rings (SSSR count). The van der Waals surface area contributed by atoms with E-state index in [1.807, 2.05) is 60.5 Å². The number of fused-ring (bicyclic) bond motifs is 1. The van der Waals surface area contributed by atoms with Gasteiger partial charge in [-0.2, -0.15) is 0 Å². The van der Waals surface area contributed by atoms with Crippen LogP contribution in [0.25, 0.3) is 0 Å². The van der Waals surface area contributed by atoms with Gasteiger partial charge in [-0.3, -0.25) is 9.69 Å². The highest BCUT2D eigenvalue weighted by Crippen LogP contribution is 2.50. The molecule has 1 heterocycles. The average Bonchev–Trinajstić information content (AvgIpc) is 2.84. The maximum Gasteiger partial charge on any atom is 0.253 e. The van der Waals surface area contributed by atoms with E-state index in [1.165, 1.54) is 5.56 Å². The molecule has 1 aliphatic heterocycles. The number of rotatable bonds is 6. The van der Waals surface area contributed by atoms with Crippen LogP contribution in [-0.4, -0.2) is 66.8 Å². The fourth-order valence-corrected chi connectivity index (χ4v) is 5.78. The summed E-state index contributed by atoms with van der Waals surface area (Å²) in [4.78, 5) is 17.4. The second kappa shape index (κ2) is 9.47. The number of hydrogen-bond acceptors (Lipinski definition) is 4. The first-order chi connectivity index (χ1) is 15.5. The predicted octanol–water partition coefficient (Wildman–Crippen LogP) is 3.74. The largest absolute Gasteiger partial charge is 0.497 e. The first kappa shape index (κ1) is 22.6. The number of likely N-dealkylation sites (tertiary alicyclic amines) is 1. The normalized spacial score (nSPS) is 27.9. The van der Waals surface area contributed by atoms with Gasteiger partial charge in [0.15, 0.2) is 0 Å². The molecule has 3 unspecified atom stereocenters. The zero-order chi connectivity index (χ0) is 22.7. The summed E-state index contributed by atoms with van der Waals surface area (Å²) in [5.74, 6) is 0.931. The lowest BCUT2D eigenvalue weighted by atomic mass is 9.56. The molecular formula is C27H34N2O3. The van der Waals surface area contributed by atoms with Gasteiger partial charge in [0.25, 0.3) is 5.91 Å². The van der Waals surface area contributed by atoms with Gasteiger partial charge in [-0.1, -0.05) is 36.4 Å². The molecule has 2 aromatic carbocycles. The van der Waals surface area contributed by atoms with Crippen LogP contribution < -0.4 is 4.74 Å². The Morgan fingerprint density at radius 1 is 1.28 bits per heavy atom.